The van der Waals surface area contributed by atoms with Gasteiger partial charge >= 0.3 is 6.09 Å². The van der Waals surface area contributed by atoms with Crippen LogP contribution in [-0.2, 0) is 4.74 Å². The van der Waals surface area contributed by atoms with Gasteiger partial charge in [-0.2, -0.15) is 0 Å². The van der Waals surface area contributed by atoms with Crippen LogP contribution in [0.3, 0.4) is 0 Å². The number of nitrogens with one attached hydrogen (secondary N) is 1. The van der Waals surface area contributed by atoms with Crippen molar-refractivity contribution in [2.75, 3.05) is 6.61 Å². The van der Waals surface area contributed by atoms with Crippen molar-refractivity contribution in [2.24, 2.45) is 0 Å². The molecule has 13 heavy (non-hydrogen) atoms. The fraction of sp³-hybridized carbons (Fsp3) is 0.111. The van der Waals surface area contributed by atoms with Gasteiger partial charge in [0.2, 0.25) is 0 Å². The number of rotatable bonds is 0. The average Bonchev–Trinajstić information content (AvgIpc) is 2.54. The van der Waals surface area contributed by atoms with Gasteiger partial charge in [0, 0.05) is 12.4 Å². The highest BCUT2D eigenvalue weighted by molar-refractivity contribution is 5.72. The van der Waals surface area contributed by atoms with Crippen LogP contribution in [0.25, 0.3) is 0 Å². The first kappa shape index (κ1) is 9.25. The van der Waals surface area contributed by atoms with Gasteiger partial charge in [0.25, 0.3) is 0 Å². The second kappa shape index (κ2) is 4.92. The Kier molecular flexibility index (Phi) is 3.50. The zero-order valence-electron chi connectivity index (χ0n) is 7.06. The van der Waals surface area contributed by atoms with Crippen LogP contribution in [0.4, 0.5) is 4.79 Å². The lowest BCUT2D eigenvalue weighted by Gasteiger charge is -1.80. The van der Waals surface area contributed by atoms with Crippen LogP contribution in [0.5, 0.6) is 0 Å². The summed E-state index contributed by atoms with van der Waals surface area (Å²) in [6.07, 6.45) is 3.10. The van der Waals surface area contributed by atoms with E-state index in [0.29, 0.717) is 12.3 Å². The zero-order chi connectivity index (χ0) is 9.52. The average molecular weight is 178 g/mol. The van der Waals surface area contributed by atoms with Gasteiger partial charge in [-0.25, -0.2) is 4.79 Å². The van der Waals surface area contributed by atoms with Crippen LogP contribution < -0.4 is 5.32 Å². The van der Waals surface area contributed by atoms with Gasteiger partial charge < -0.3 is 4.74 Å². The van der Waals surface area contributed by atoms with Crippen molar-refractivity contribution < 1.29 is 9.53 Å². The fourth-order valence-corrected chi connectivity index (χ4v) is 0.682. The molecule has 0 bridgehead atoms. The van der Waals surface area contributed by atoms with Crippen LogP contribution in [-0.4, -0.2) is 17.7 Å². The molecule has 0 spiro atoms. The van der Waals surface area contributed by atoms with E-state index in [1.54, 1.807) is 12.4 Å². The quantitative estimate of drug-likeness (QED) is 0.651. The first-order chi connectivity index (χ1) is 6.29. The molecule has 1 N–H and O–H groups in total. The molecule has 0 aliphatic carbocycles. The normalized spacial score (nSPS) is 13.8. The van der Waals surface area contributed by atoms with Gasteiger partial charge in [0.1, 0.15) is 6.61 Å². The van der Waals surface area contributed by atoms with Crippen LogP contribution in [0.15, 0.2) is 42.9 Å². The van der Waals surface area contributed by atoms with E-state index in [4.69, 9.17) is 0 Å². The molecule has 0 atom stereocenters. The smallest absolute Gasteiger partial charge is 0.411 e. The summed E-state index contributed by atoms with van der Waals surface area (Å²) < 4.78 is 4.42. The molecule has 4 heteroatoms. The number of carbonyl (C=O) groups is 1. The second-order valence-corrected chi connectivity index (χ2v) is 2.33. The van der Waals surface area contributed by atoms with Crippen LogP contribution in [0.2, 0.25) is 0 Å². The number of hydrogen-bond donors (Lipinski definition) is 1. The molecule has 0 saturated carbocycles. The topological polar surface area (TPSA) is 51.2 Å². The predicted octanol–water partition coefficient (Wildman–Crippen LogP) is 1.32. The van der Waals surface area contributed by atoms with E-state index in [1.165, 1.54) is 0 Å². The van der Waals surface area contributed by atoms with E-state index in [2.05, 4.69) is 21.6 Å². The number of alkyl carbamates (subject to hydrolysis) is 1. The lowest BCUT2D eigenvalue weighted by molar-refractivity contribution is 0.179. The molecule has 2 heterocycles. The lowest BCUT2D eigenvalue weighted by atomic mass is 10.5. The Hall–Kier alpha value is -1.84. The van der Waals surface area contributed by atoms with Crippen LogP contribution in [0, 0.1) is 0 Å². The van der Waals surface area contributed by atoms with Gasteiger partial charge in [-0.1, -0.05) is 12.6 Å². The molecule has 1 aromatic heterocycles. The summed E-state index contributed by atoms with van der Waals surface area (Å²) in [5.41, 5.74) is 0.630. The van der Waals surface area contributed by atoms with Crippen molar-refractivity contribution in [1.82, 2.24) is 10.3 Å². The molecule has 68 valence electrons. The molecule has 1 saturated heterocycles. The summed E-state index contributed by atoms with van der Waals surface area (Å²) in [4.78, 5) is 13.8. The van der Waals surface area contributed by atoms with Gasteiger partial charge in [0.05, 0.1) is 5.70 Å². The summed E-state index contributed by atoms with van der Waals surface area (Å²) in [6.45, 7) is 3.77. The number of pyridine rings is 1. The third kappa shape index (κ3) is 3.91. The first-order valence-electron chi connectivity index (χ1n) is 3.75. The van der Waals surface area contributed by atoms with Gasteiger partial charge in [-0.15, -0.1) is 0 Å². The monoisotopic (exact) mass is 178 g/mol. The maximum Gasteiger partial charge on any atom is 0.411 e. The molecule has 1 aliphatic heterocycles. The van der Waals surface area contributed by atoms with E-state index in [0.717, 1.165) is 0 Å². The molecule has 2 rings (SSSR count). The number of cyclic esters (lactones) is 1. The Labute approximate surface area is 76.2 Å². The van der Waals surface area contributed by atoms with E-state index >= 15 is 0 Å². The second-order valence-electron chi connectivity index (χ2n) is 2.33. The molecular formula is C9H10N2O2. The van der Waals surface area contributed by atoms with Crippen molar-refractivity contribution in [3.8, 4) is 0 Å². The fourth-order valence-electron chi connectivity index (χ4n) is 0.682. The molecule has 0 radical (unpaired) electrons. The molecule has 0 unspecified atom stereocenters. The standard InChI is InChI=1S/C5H5N.C4H5NO2/c1-2-4-6-5-3-1;1-3-2-7-4(6)5-3/h1-5H;1-2H2,(H,5,6). The minimum absolute atomic E-state index is 0.318. The number of carbonyl (C=O) groups excluding carboxylic acids is 1. The van der Waals surface area contributed by atoms with Crippen molar-refractivity contribution in [3.63, 3.8) is 0 Å². The minimum Gasteiger partial charge on any atom is -0.443 e. The molecule has 1 amide bonds. The third-order valence-corrected chi connectivity index (χ3v) is 1.22. The van der Waals surface area contributed by atoms with E-state index in [9.17, 15) is 4.79 Å². The predicted molar refractivity (Wildman–Crippen MR) is 47.9 cm³/mol. The maximum atomic E-state index is 10.1. The number of amides is 1. The Morgan fingerprint density at radius 3 is 2.23 bits per heavy atom. The molecule has 1 aliphatic rings. The van der Waals surface area contributed by atoms with Crippen molar-refractivity contribution in [3.05, 3.63) is 42.9 Å². The highest BCUT2D eigenvalue weighted by Gasteiger charge is 2.11. The van der Waals surface area contributed by atoms with Crippen LogP contribution >= 0.6 is 0 Å². The van der Waals surface area contributed by atoms with E-state index in [-0.39, 0.29) is 0 Å². The van der Waals surface area contributed by atoms with E-state index in [1.807, 2.05) is 18.2 Å². The summed E-state index contributed by atoms with van der Waals surface area (Å²) in [6, 6.07) is 5.72. The number of nitrogens with zero attached hydrogens (tertiary/aromatic N) is 1. The minimum atomic E-state index is -0.398. The molecule has 1 aromatic rings. The maximum absolute atomic E-state index is 10.1. The van der Waals surface area contributed by atoms with Gasteiger partial charge in [0.15, 0.2) is 0 Å². The number of aromatic nitrogens is 1. The Bertz CT molecular complexity index is 244. The summed E-state index contributed by atoms with van der Waals surface area (Å²) in [5, 5.41) is 2.36. The van der Waals surface area contributed by atoms with E-state index < -0.39 is 6.09 Å². The lowest BCUT2D eigenvalue weighted by Crippen LogP contribution is -2.09. The molecular weight excluding hydrogens is 168 g/mol. The summed E-state index contributed by atoms with van der Waals surface area (Å²) in [5.74, 6) is 0. The molecule has 1 fully saturated rings. The highest BCUT2D eigenvalue weighted by Crippen LogP contribution is 1.95. The number of hydrogen-bond acceptors (Lipinski definition) is 3. The highest BCUT2D eigenvalue weighted by atomic mass is 16.6. The largest absolute Gasteiger partial charge is 0.443 e. The Morgan fingerprint density at radius 1 is 1.38 bits per heavy atom. The van der Waals surface area contributed by atoms with Gasteiger partial charge in [-0.05, 0) is 12.1 Å². The van der Waals surface area contributed by atoms with Crippen molar-refractivity contribution >= 4 is 6.09 Å². The molecule has 4 nitrogen and oxygen atoms in total. The Morgan fingerprint density at radius 2 is 2.08 bits per heavy atom. The Balaban J connectivity index is 0.000000132. The zero-order valence-corrected chi connectivity index (χ0v) is 7.06. The summed E-state index contributed by atoms with van der Waals surface area (Å²) >= 11 is 0. The first-order valence-corrected chi connectivity index (χ1v) is 3.75. The SMILES string of the molecule is C=C1COC(=O)N1.c1ccncc1. The third-order valence-electron chi connectivity index (χ3n) is 1.22. The van der Waals surface area contributed by atoms with Crippen molar-refractivity contribution in [2.45, 2.75) is 0 Å². The molecule has 0 aromatic carbocycles. The number of ether oxygens (including phenoxy) is 1. The van der Waals surface area contributed by atoms with Gasteiger partial charge in [-0.3, -0.25) is 10.3 Å². The summed E-state index contributed by atoms with van der Waals surface area (Å²) in [7, 11) is 0. The van der Waals surface area contributed by atoms with Crippen LogP contribution in [0.1, 0.15) is 0 Å². The van der Waals surface area contributed by atoms with Crippen molar-refractivity contribution in [1.29, 1.82) is 0 Å².